The second-order valence-electron chi connectivity index (χ2n) is 9.91. The smallest absolute Gasteiger partial charge is 0.549 e. The van der Waals surface area contributed by atoms with E-state index in [0.717, 1.165) is 9.80 Å². The first-order valence-electron chi connectivity index (χ1n) is 13.7. The summed E-state index contributed by atoms with van der Waals surface area (Å²) in [5, 5.41) is 52.5. The summed E-state index contributed by atoms with van der Waals surface area (Å²) in [5.74, 6) is -7.89. The van der Waals surface area contributed by atoms with Crippen molar-refractivity contribution in [3.05, 3.63) is 59.7 Å². The third kappa shape index (κ3) is 16.9. The van der Waals surface area contributed by atoms with Crippen LogP contribution in [0.5, 0.6) is 11.5 Å². The van der Waals surface area contributed by atoms with Crippen LogP contribution < -0.4 is 37.0 Å². The van der Waals surface area contributed by atoms with Crippen molar-refractivity contribution in [2.24, 2.45) is 0 Å². The molecule has 20 heteroatoms. The van der Waals surface area contributed by atoms with Crippen LogP contribution in [0.25, 0.3) is 0 Å². The minimum absolute atomic E-state index is 0. The fourth-order valence-electron chi connectivity index (χ4n) is 3.92. The first-order valence-corrected chi connectivity index (χ1v) is 13.7. The molecule has 0 aromatic heterocycles. The van der Waals surface area contributed by atoms with Crippen LogP contribution in [0.1, 0.15) is 20.7 Å². The molecule has 0 aliphatic rings. The van der Waals surface area contributed by atoms with Gasteiger partial charge in [-0.05, 0) is 48.5 Å². The van der Waals surface area contributed by atoms with Crippen LogP contribution in [0.2, 0.25) is 0 Å². The molecule has 0 saturated heterocycles. The van der Waals surface area contributed by atoms with Gasteiger partial charge >= 0.3 is 39.9 Å². The Morgan fingerprint density at radius 1 is 0.479 bits per heavy atom. The maximum Gasteiger partial charge on any atom is 3.00 e. The number of benzene rings is 2. The third-order valence-electron chi connectivity index (χ3n) is 6.15. The van der Waals surface area contributed by atoms with E-state index < -0.39 is 74.3 Å². The van der Waals surface area contributed by atoms with Crippen LogP contribution in [0.15, 0.2) is 48.5 Å². The molecule has 0 spiro atoms. The third-order valence-corrected chi connectivity index (χ3v) is 6.15. The number of hydrazine groups is 2. The van der Waals surface area contributed by atoms with Crippen LogP contribution in [0, 0.1) is 39.9 Å². The van der Waals surface area contributed by atoms with Crippen LogP contribution >= 0.6 is 0 Å². The normalized spacial score (nSPS) is 10.6. The van der Waals surface area contributed by atoms with Crippen molar-refractivity contribution in [1.29, 1.82) is 0 Å². The number of aromatic hydroxyl groups is 2. The summed E-state index contributed by atoms with van der Waals surface area (Å²) in [6.45, 7) is -4.02. The largest absolute Gasteiger partial charge is 3.00 e. The van der Waals surface area contributed by atoms with Crippen molar-refractivity contribution < 1.29 is 99.0 Å². The number of carboxylic acids is 3. The Hall–Kier alpha value is -4.47. The molecular weight excluding hydrogens is 784 g/mol. The zero-order chi connectivity index (χ0) is 34.9. The molecule has 2 aromatic rings. The van der Waals surface area contributed by atoms with Gasteiger partial charge in [0.2, 0.25) is 0 Å². The van der Waals surface area contributed by atoms with Crippen molar-refractivity contribution in [2.45, 2.75) is 0 Å². The number of hydrogen-bond donors (Lipinski definition) is 6. The summed E-state index contributed by atoms with van der Waals surface area (Å²) in [6, 6.07) is 10.2. The Bertz CT molecular complexity index is 1330. The van der Waals surface area contributed by atoms with E-state index in [9.17, 15) is 59.1 Å². The van der Waals surface area contributed by atoms with Gasteiger partial charge < -0.3 is 39.9 Å². The Labute approximate surface area is 305 Å². The quantitative estimate of drug-likeness (QED) is 0.0763. The molecule has 0 saturated carbocycles. The number of carbonyl (C=O) groups is 7. The molecule has 6 N–H and O–H groups in total. The molecule has 0 unspecified atom stereocenters. The van der Waals surface area contributed by atoms with Gasteiger partial charge in [0.25, 0.3) is 23.6 Å². The molecule has 0 aliphatic heterocycles. The van der Waals surface area contributed by atoms with Gasteiger partial charge in [-0.15, -0.1) is 0 Å². The van der Waals surface area contributed by atoms with E-state index in [1.165, 1.54) is 53.4 Å². The van der Waals surface area contributed by atoms with E-state index >= 15 is 0 Å². The Morgan fingerprint density at radius 2 is 0.771 bits per heavy atom. The SMILES string of the molecule is O=C([O-])CN(CCN(CC(=O)[O-])CC(=O)NNC(=O)c1ccc(O)cc1)CCN(CC(=O)[O-])CC(=O)NNC(=O)c1ccc(O)cc1.[Gd+3]. The fraction of sp³-hybridized carbons (Fsp3) is 0.321. The molecule has 1 radical (unpaired) electrons. The molecule has 19 nitrogen and oxygen atoms in total. The van der Waals surface area contributed by atoms with E-state index in [0.29, 0.717) is 0 Å². The molecule has 0 bridgehead atoms. The molecule has 0 heterocycles. The zero-order valence-electron chi connectivity index (χ0n) is 25.2. The van der Waals surface area contributed by atoms with Crippen LogP contribution in [0.4, 0.5) is 0 Å². The summed E-state index contributed by atoms with van der Waals surface area (Å²) < 4.78 is 0. The van der Waals surface area contributed by atoms with Crippen molar-refractivity contribution in [3.63, 3.8) is 0 Å². The van der Waals surface area contributed by atoms with Crippen molar-refractivity contribution in [3.8, 4) is 11.5 Å². The van der Waals surface area contributed by atoms with Crippen LogP contribution in [-0.4, -0.2) is 125 Å². The van der Waals surface area contributed by atoms with Crippen LogP contribution in [-0.2, 0) is 24.0 Å². The molecule has 0 aliphatic carbocycles. The zero-order valence-corrected chi connectivity index (χ0v) is 27.4. The topological polar surface area (TPSA) is 287 Å². The standard InChI is InChI=1S/C28H35N7O12.Gd/c36-20-5-1-18(2-6-20)27(46)31-29-22(38)13-34(16-25(42)43)11-9-33(15-24(40)41)10-12-35(17-26(44)45)14-23(39)30-32-28(47)19-3-7-21(37)8-4-19;/h1-8,36-37H,9-17H2,(H,29,38)(H,30,39)(H,31,46)(H,32,47)(H,40,41)(H,42,43)(H,44,45);/q;+3/p-3. The molecule has 2 rings (SSSR count). The van der Waals surface area contributed by atoms with Gasteiger partial charge in [-0.2, -0.15) is 0 Å². The number of carbonyl (C=O) groups excluding carboxylic acids is 7. The van der Waals surface area contributed by atoms with Gasteiger partial charge in [0.1, 0.15) is 11.5 Å². The van der Waals surface area contributed by atoms with Gasteiger partial charge in [0.05, 0.1) is 31.0 Å². The maximum atomic E-state index is 12.4. The Kier molecular flexibility index (Phi) is 18.5. The van der Waals surface area contributed by atoms with Gasteiger partial charge in [-0.1, -0.05) is 0 Å². The van der Waals surface area contributed by atoms with Gasteiger partial charge in [-0.3, -0.25) is 55.6 Å². The molecule has 259 valence electrons. The predicted octanol–water partition coefficient (Wildman–Crippen LogP) is -6.52. The number of carboxylic acid groups (broad SMARTS) is 3. The molecule has 2 aromatic carbocycles. The number of rotatable bonds is 18. The van der Waals surface area contributed by atoms with Crippen molar-refractivity contribution in [1.82, 2.24) is 36.4 Å². The number of hydrogen-bond acceptors (Lipinski definition) is 15. The van der Waals surface area contributed by atoms with Gasteiger partial charge in [0, 0.05) is 56.9 Å². The summed E-state index contributed by atoms with van der Waals surface area (Å²) in [7, 11) is 0. The van der Waals surface area contributed by atoms with Crippen molar-refractivity contribution in [2.75, 3.05) is 58.9 Å². The number of phenolic OH excluding ortho intramolecular Hbond substituents is 2. The van der Waals surface area contributed by atoms with E-state index in [4.69, 9.17) is 0 Å². The minimum Gasteiger partial charge on any atom is -0.549 e. The van der Waals surface area contributed by atoms with Crippen LogP contribution in [0.3, 0.4) is 0 Å². The minimum atomic E-state index is -1.55. The summed E-state index contributed by atoms with van der Waals surface area (Å²) in [4.78, 5) is 86.4. The second-order valence-corrected chi connectivity index (χ2v) is 9.91. The van der Waals surface area contributed by atoms with Crippen molar-refractivity contribution >= 4 is 41.5 Å². The van der Waals surface area contributed by atoms with E-state index in [1.807, 2.05) is 0 Å². The number of aliphatic carboxylic acids is 3. The van der Waals surface area contributed by atoms with E-state index in [-0.39, 0.29) is 88.7 Å². The van der Waals surface area contributed by atoms with Gasteiger partial charge in [-0.25, -0.2) is 0 Å². The average molecular weight is 816 g/mol. The average Bonchev–Trinajstić information content (AvgIpc) is 2.99. The molecule has 48 heavy (non-hydrogen) atoms. The summed E-state index contributed by atoms with van der Waals surface area (Å²) >= 11 is 0. The van der Waals surface area contributed by atoms with E-state index in [2.05, 4.69) is 21.7 Å². The first kappa shape index (κ1) is 41.6. The number of amides is 4. The van der Waals surface area contributed by atoms with E-state index in [1.54, 1.807) is 0 Å². The molecule has 4 amide bonds. The maximum absolute atomic E-state index is 12.4. The predicted molar refractivity (Wildman–Crippen MR) is 152 cm³/mol. The molecular formula is C28H32GdN7O12. The number of nitrogens with zero attached hydrogens (tertiary/aromatic N) is 3. The monoisotopic (exact) mass is 816 g/mol. The second kappa shape index (κ2) is 21.4. The summed E-state index contributed by atoms with van der Waals surface area (Å²) in [5.41, 5.74) is 8.69. The number of nitrogens with one attached hydrogen (secondary N) is 4. The Balaban J connectivity index is 0.0000115. The number of phenols is 2. The first-order chi connectivity index (χ1) is 22.2. The molecule has 0 atom stereocenters. The molecule has 0 fully saturated rings. The summed E-state index contributed by atoms with van der Waals surface area (Å²) in [6.07, 6.45) is 0. The van der Waals surface area contributed by atoms with Gasteiger partial charge in [0.15, 0.2) is 0 Å². The fourth-order valence-corrected chi connectivity index (χ4v) is 3.92. The Morgan fingerprint density at radius 3 is 1.08 bits per heavy atom.